The average Bonchev–Trinajstić information content (AvgIpc) is 2.15. The molecular weight excluding hydrogens is 167 g/mol. The van der Waals surface area contributed by atoms with E-state index in [-0.39, 0.29) is 5.82 Å². The van der Waals surface area contributed by atoms with E-state index in [4.69, 9.17) is 0 Å². The van der Waals surface area contributed by atoms with Crippen LogP contribution < -0.4 is 5.32 Å². The first-order valence-electron chi connectivity index (χ1n) is 4.25. The number of nitrogens with one attached hydrogen (secondary N) is 1. The van der Waals surface area contributed by atoms with E-state index in [1.165, 1.54) is 6.20 Å². The lowest BCUT2D eigenvalue weighted by atomic mass is 10.2. The van der Waals surface area contributed by atoms with Crippen LogP contribution >= 0.6 is 0 Å². The van der Waals surface area contributed by atoms with Crippen LogP contribution in [0, 0.1) is 5.82 Å². The van der Waals surface area contributed by atoms with Crippen LogP contribution in [0.2, 0.25) is 0 Å². The fourth-order valence-electron chi connectivity index (χ4n) is 0.959. The van der Waals surface area contributed by atoms with Gasteiger partial charge in [-0.1, -0.05) is 12.2 Å². The number of aromatic nitrogens is 1. The molecule has 1 rings (SSSR count). The molecule has 0 amide bonds. The zero-order valence-electron chi connectivity index (χ0n) is 7.63. The third-order valence-electron chi connectivity index (χ3n) is 1.66. The van der Waals surface area contributed by atoms with Gasteiger partial charge in [0.25, 0.3) is 0 Å². The van der Waals surface area contributed by atoms with Crippen LogP contribution in [0.4, 0.5) is 4.39 Å². The molecule has 1 aromatic rings. The highest BCUT2D eigenvalue weighted by Gasteiger charge is 1.94. The Labute approximate surface area is 77.5 Å². The van der Waals surface area contributed by atoms with Crippen molar-refractivity contribution in [3.05, 3.63) is 35.9 Å². The van der Waals surface area contributed by atoms with Gasteiger partial charge in [0, 0.05) is 11.8 Å². The van der Waals surface area contributed by atoms with Gasteiger partial charge in [-0.2, -0.15) is 0 Å². The monoisotopic (exact) mass is 180 g/mol. The fraction of sp³-hybridized carbons (Fsp3) is 0.300. The van der Waals surface area contributed by atoms with Crippen LogP contribution in [0.5, 0.6) is 0 Å². The summed E-state index contributed by atoms with van der Waals surface area (Å²) < 4.78 is 13.0. The summed E-state index contributed by atoms with van der Waals surface area (Å²) in [6.45, 7) is 0.906. The lowest BCUT2D eigenvalue weighted by Gasteiger charge is -1.94. The number of rotatable bonds is 4. The molecule has 0 fully saturated rings. The van der Waals surface area contributed by atoms with Crippen molar-refractivity contribution in [2.75, 3.05) is 13.6 Å². The molecule has 1 heterocycles. The molecule has 70 valence electrons. The van der Waals surface area contributed by atoms with E-state index in [0.29, 0.717) is 5.56 Å². The summed E-state index contributed by atoms with van der Waals surface area (Å²) in [4.78, 5) is 3.67. The molecule has 0 radical (unpaired) electrons. The van der Waals surface area contributed by atoms with Gasteiger partial charge >= 0.3 is 0 Å². The summed E-state index contributed by atoms with van der Waals surface area (Å²) >= 11 is 0. The van der Waals surface area contributed by atoms with Gasteiger partial charge in [0.2, 0.25) is 0 Å². The molecule has 0 spiro atoms. The highest BCUT2D eigenvalue weighted by Crippen LogP contribution is 2.06. The molecule has 0 aliphatic rings. The number of halogens is 1. The lowest BCUT2D eigenvalue weighted by Crippen LogP contribution is -2.05. The highest BCUT2D eigenvalue weighted by molar-refractivity contribution is 5.48. The van der Waals surface area contributed by atoms with Crippen molar-refractivity contribution in [1.82, 2.24) is 10.3 Å². The van der Waals surface area contributed by atoms with Crippen LogP contribution in [-0.4, -0.2) is 18.6 Å². The lowest BCUT2D eigenvalue weighted by molar-refractivity contribution is 0.618. The second kappa shape index (κ2) is 5.43. The van der Waals surface area contributed by atoms with Crippen LogP contribution in [0.25, 0.3) is 6.08 Å². The minimum atomic E-state index is -0.275. The maximum Gasteiger partial charge on any atom is 0.148 e. The minimum absolute atomic E-state index is 0.275. The zero-order valence-corrected chi connectivity index (χ0v) is 7.63. The normalized spacial score (nSPS) is 10.9. The minimum Gasteiger partial charge on any atom is -0.319 e. The molecule has 0 aliphatic carbocycles. The van der Waals surface area contributed by atoms with Gasteiger partial charge in [-0.05, 0) is 26.1 Å². The molecule has 0 aromatic carbocycles. The summed E-state index contributed by atoms with van der Waals surface area (Å²) in [5.74, 6) is -0.275. The first kappa shape index (κ1) is 9.86. The topological polar surface area (TPSA) is 24.9 Å². The Hall–Kier alpha value is -1.22. The van der Waals surface area contributed by atoms with E-state index in [0.717, 1.165) is 13.0 Å². The Morgan fingerprint density at radius 2 is 2.46 bits per heavy atom. The second-order valence-electron chi connectivity index (χ2n) is 2.69. The summed E-state index contributed by atoms with van der Waals surface area (Å²) in [5, 5.41) is 3.01. The van der Waals surface area contributed by atoms with Crippen molar-refractivity contribution in [2.45, 2.75) is 6.42 Å². The maximum absolute atomic E-state index is 13.0. The Morgan fingerprint density at radius 1 is 1.62 bits per heavy atom. The Bertz CT molecular complexity index is 284. The smallest absolute Gasteiger partial charge is 0.148 e. The van der Waals surface area contributed by atoms with Crippen LogP contribution in [0.15, 0.2) is 24.5 Å². The number of nitrogens with zero attached hydrogens (tertiary/aromatic N) is 1. The highest BCUT2D eigenvalue weighted by atomic mass is 19.1. The van der Waals surface area contributed by atoms with Crippen LogP contribution in [0.3, 0.4) is 0 Å². The Balaban J connectivity index is 2.53. The molecule has 0 saturated carbocycles. The van der Waals surface area contributed by atoms with E-state index in [1.54, 1.807) is 18.3 Å². The molecule has 0 aliphatic heterocycles. The van der Waals surface area contributed by atoms with Crippen molar-refractivity contribution < 1.29 is 4.39 Å². The molecule has 0 bridgehead atoms. The van der Waals surface area contributed by atoms with Crippen molar-refractivity contribution >= 4 is 6.08 Å². The van der Waals surface area contributed by atoms with Crippen LogP contribution in [0.1, 0.15) is 12.0 Å². The number of hydrogen-bond donors (Lipinski definition) is 1. The number of hydrogen-bond acceptors (Lipinski definition) is 2. The molecular formula is C10H13FN2. The predicted molar refractivity (Wildman–Crippen MR) is 51.8 cm³/mol. The van der Waals surface area contributed by atoms with Crippen molar-refractivity contribution in [3.8, 4) is 0 Å². The zero-order chi connectivity index (χ0) is 9.52. The second-order valence-corrected chi connectivity index (χ2v) is 2.69. The van der Waals surface area contributed by atoms with E-state index >= 15 is 0 Å². The first-order chi connectivity index (χ1) is 6.34. The fourth-order valence-corrected chi connectivity index (χ4v) is 0.959. The largest absolute Gasteiger partial charge is 0.319 e. The predicted octanol–water partition coefficient (Wildman–Crippen LogP) is 1.84. The standard InChI is InChI=1S/C10H13FN2/c1-12-6-3-2-4-9-5-7-13-8-10(9)11/h2,4-5,7-8,12H,3,6H2,1H3/b4-2+. The van der Waals surface area contributed by atoms with Gasteiger partial charge in [0.05, 0.1) is 6.20 Å². The third kappa shape index (κ3) is 3.34. The van der Waals surface area contributed by atoms with Crippen LogP contribution in [-0.2, 0) is 0 Å². The van der Waals surface area contributed by atoms with Crippen molar-refractivity contribution in [2.24, 2.45) is 0 Å². The summed E-state index contributed by atoms with van der Waals surface area (Å²) in [5.41, 5.74) is 0.589. The first-order valence-corrected chi connectivity index (χ1v) is 4.25. The quantitative estimate of drug-likeness (QED) is 0.715. The summed E-state index contributed by atoms with van der Waals surface area (Å²) in [6, 6.07) is 1.66. The molecule has 1 aromatic heterocycles. The molecule has 13 heavy (non-hydrogen) atoms. The summed E-state index contributed by atoms with van der Waals surface area (Å²) in [6.07, 6.45) is 7.42. The molecule has 0 saturated heterocycles. The van der Waals surface area contributed by atoms with Gasteiger partial charge < -0.3 is 5.32 Å². The van der Waals surface area contributed by atoms with Gasteiger partial charge in [-0.3, -0.25) is 4.98 Å². The molecule has 0 atom stereocenters. The Kier molecular flexibility index (Phi) is 4.12. The SMILES string of the molecule is CNCC/C=C/c1ccncc1F. The molecule has 0 unspecified atom stereocenters. The van der Waals surface area contributed by atoms with E-state index in [1.807, 2.05) is 13.1 Å². The Morgan fingerprint density at radius 3 is 3.15 bits per heavy atom. The molecule has 1 N–H and O–H groups in total. The van der Waals surface area contributed by atoms with Gasteiger partial charge in [-0.15, -0.1) is 0 Å². The van der Waals surface area contributed by atoms with Crippen molar-refractivity contribution in [3.63, 3.8) is 0 Å². The van der Waals surface area contributed by atoms with E-state index in [9.17, 15) is 4.39 Å². The van der Waals surface area contributed by atoms with E-state index in [2.05, 4.69) is 10.3 Å². The molecule has 3 heteroatoms. The average molecular weight is 180 g/mol. The summed E-state index contributed by atoms with van der Waals surface area (Å²) in [7, 11) is 1.89. The maximum atomic E-state index is 13.0. The van der Waals surface area contributed by atoms with Gasteiger partial charge in [0.1, 0.15) is 5.82 Å². The number of pyridine rings is 1. The molecule has 2 nitrogen and oxygen atoms in total. The van der Waals surface area contributed by atoms with Gasteiger partial charge in [0.15, 0.2) is 0 Å². The van der Waals surface area contributed by atoms with E-state index < -0.39 is 0 Å². The van der Waals surface area contributed by atoms with Crippen molar-refractivity contribution in [1.29, 1.82) is 0 Å². The van der Waals surface area contributed by atoms with Gasteiger partial charge in [-0.25, -0.2) is 4.39 Å². The third-order valence-corrected chi connectivity index (χ3v) is 1.66.